The molecule has 0 spiro atoms. The zero-order chi connectivity index (χ0) is 27.1. The number of nitrogens with zero attached hydrogens (tertiary/aromatic N) is 2. The minimum absolute atomic E-state index is 0.130. The number of amides is 2. The number of ether oxygens (including phenoxy) is 1. The maximum Gasteiger partial charge on any atom is 0.416 e. The SMILES string of the molecule is O=C(CNC(=O)c1cccc(C(F)(F)F)c1)C[C@@H]1CCN(C2CCN(C(=O)OCc3ccccc3)CC2)C1. The van der Waals surface area contributed by atoms with Crippen LogP contribution in [-0.2, 0) is 22.3 Å². The molecule has 0 aromatic heterocycles. The molecule has 2 fully saturated rings. The molecule has 2 aliphatic rings. The van der Waals surface area contributed by atoms with Crippen LogP contribution >= 0.6 is 0 Å². The van der Waals surface area contributed by atoms with Crippen molar-refractivity contribution in [1.82, 2.24) is 15.1 Å². The van der Waals surface area contributed by atoms with Crippen LogP contribution in [0.3, 0.4) is 0 Å². The van der Waals surface area contributed by atoms with E-state index in [-0.39, 0.29) is 36.5 Å². The van der Waals surface area contributed by atoms with Gasteiger partial charge in [0.05, 0.1) is 12.1 Å². The van der Waals surface area contributed by atoms with Gasteiger partial charge in [0.25, 0.3) is 5.91 Å². The number of alkyl halides is 3. The van der Waals surface area contributed by atoms with Gasteiger partial charge in [0.15, 0.2) is 5.78 Å². The molecule has 10 heteroatoms. The van der Waals surface area contributed by atoms with Crippen molar-refractivity contribution in [2.24, 2.45) is 5.92 Å². The Bertz CT molecular complexity index is 1120. The van der Waals surface area contributed by atoms with Crippen LogP contribution in [0.2, 0.25) is 0 Å². The number of ketones is 1. The van der Waals surface area contributed by atoms with Crippen molar-refractivity contribution in [3.63, 3.8) is 0 Å². The van der Waals surface area contributed by atoms with E-state index in [1.807, 2.05) is 30.3 Å². The first kappa shape index (κ1) is 27.6. The molecule has 0 aliphatic carbocycles. The quantitative estimate of drug-likeness (QED) is 0.542. The molecular weight excluding hydrogens is 499 g/mol. The number of carbonyl (C=O) groups is 3. The Balaban J connectivity index is 1.15. The highest BCUT2D eigenvalue weighted by Gasteiger charge is 2.33. The average Bonchev–Trinajstić information content (AvgIpc) is 3.39. The molecular formula is C28H32F3N3O4. The topological polar surface area (TPSA) is 79.0 Å². The van der Waals surface area contributed by atoms with Crippen molar-refractivity contribution < 1.29 is 32.3 Å². The number of hydrogen-bond donors (Lipinski definition) is 1. The Morgan fingerprint density at radius 3 is 2.39 bits per heavy atom. The molecule has 0 saturated carbocycles. The van der Waals surface area contributed by atoms with Crippen LogP contribution in [0.1, 0.15) is 47.2 Å². The predicted octanol–water partition coefficient (Wildman–Crippen LogP) is 4.52. The highest BCUT2D eigenvalue weighted by Crippen LogP contribution is 2.30. The maximum absolute atomic E-state index is 12.9. The number of likely N-dealkylation sites (tertiary alicyclic amines) is 2. The Morgan fingerprint density at radius 2 is 1.68 bits per heavy atom. The van der Waals surface area contributed by atoms with Crippen molar-refractivity contribution in [3.8, 4) is 0 Å². The normalized spacial score (nSPS) is 18.8. The van der Waals surface area contributed by atoms with E-state index in [4.69, 9.17) is 4.74 Å². The predicted molar refractivity (Wildman–Crippen MR) is 134 cm³/mol. The number of nitrogens with one attached hydrogen (secondary N) is 1. The van der Waals surface area contributed by atoms with Gasteiger partial charge in [-0.15, -0.1) is 0 Å². The van der Waals surface area contributed by atoms with E-state index in [2.05, 4.69) is 10.2 Å². The average molecular weight is 532 g/mol. The van der Waals surface area contributed by atoms with E-state index in [1.54, 1.807) is 4.90 Å². The molecule has 2 heterocycles. The molecule has 0 radical (unpaired) electrons. The summed E-state index contributed by atoms with van der Waals surface area (Å²) in [7, 11) is 0. The number of halogens is 3. The van der Waals surface area contributed by atoms with Crippen LogP contribution < -0.4 is 5.32 Å². The number of rotatable bonds is 8. The van der Waals surface area contributed by atoms with Crippen LogP contribution in [0.5, 0.6) is 0 Å². The lowest BCUT2D eigenvalue weighted by Crippen LogP contribution is -2.46. The summed E-state index contributed by atoms with van der Waals surface area (Å²) in [6, 6.07) is 14.0. The summed E-state index contributed by atoms with van der Waals surface area (Å²) < 4.78 is 44.0. The van der Waals surface area contributed by atoms with Gasteiger partial charge >= 0.3 is 12.3 Å². The van der Waals surface area contributed by atoms with Gasteiger partial charge < -0.3 is 15.0 Å². The Kier molecular flexibility index (Phi) is 9.04. The highest BCUT2D eigenvalue weighted by molar-refractivity contribution is 5.96. The van der Waals surface area contributed by atoms with Crippen molar-refractivity contribution >= 4 is 17.8 Å². The minimum Gasteiger partial charge on any atom is -0.445 e. The molecule has 7 nitrogen and oxygen atoms in total. The van der Waals surface area contributed by atoms with Crippen LogP contribution in [0.15, 0.2) is 54.6 Å². The summed E-state index contributed by atoms with van der Waals surface area (Å²) in [6.07, 6.45) is -1.98. The number of carbonyl (C=O) groups excluding carboxylic acids is 3. The first-order valence-corrected chi connectivity index (χ1v) is 12.9. The third kappa shape index (κ3) is 7.56. The monoisotopic (exact) mass is 531 g/mol. The van der Waals surface area contributed by atoms with Gasteiger partial charge in [0.1, 0.15) is 6.61 Å². The third-order valence-electron chi connectivity index (χ3n) is 7.18. The van der Waals surface area contributed by atoms with E-state index in [0.717, 1.165) is 50.0 Å². The van der Waals surface area contributed by atoms with E-state index < -0.39 is 17.6 Å². The second-order valence-corrected chi connectivity index (χ2v) is 9.91. The van der Waals surface area contributed by atoms with Gasteiger partial charge in [-0.2, -0.15) is 13.2 Å². The Hall–Kier alpha value is -3.40. The van der Waals surface area contributed by atoms with Gasteiger partial charge in [-0.3, -0.25) is 14.5 Å². The van der Waals surface area contributed by atoms with Gasteiger partial charge in [-0.05, 0) is 55.5 Å². The minimum atomic E-state index is -4.54. The summed E-state index contributed by atoms with van der Waals surface area (Å²) in [6.45, 7) is 2.94. The lowest BCUT2D eigenvalue weighted by atomic mass is 10.0. The smallest absolute Gasteiger partial charge is 0.416 e. The molecule has 2 saturated heterocycles. The molecule has 1 atom stereocenters. The summed E-state index contributed by atoms with van der Waals surface area (Å²) in [5.41, 5.74) is -0.0870. The zero-order valence-corrected chi connectivity index (χ0v) is 21.1. The summed E-state index contributed by atoms with van der Waals surface area (Å²) >= 11 is 0. The van der Waals surface area contributed by atoms with Crippen molar-refractivity contribution in [1.29, 1.82) is 0 Å². The fourth-order valence-corrected chi connectivity index (χ4v) is 5.10. The highest BCUT2D eigenvalue weighted by atomic mass is 19.4. The molecule has 2 aromatic carbocycles. The first-order chi connectivity index (χ1) is 18.2. The Morgan fingerprint density at radius 1 is 0.947 bits per heavy atom. The molecule has 2 aliphatic heterocycles. The fraction of sp³-hybridized carbons (Fsp3) is 0.464. The summed E-state index contributed by atoms with van der Waals surface area (Å²) in [4.78, 5) is 41.2. The number of piperidine rings is 1. The third-order valence-corrected chi connectivity index (χ3v) is 7.18. The lowest BCUT2D eigenvalue weighted by Gasteiger charge is -2.36. The van der Waals surface area contributed by atoms with Crippen LogP contribution in [-0.4, -0.2) is 66.3 Å². The van der Waals surface area contributed by atoms with Crippen molar-refractivity contribution in [2.45, 2.75) is 44.5 Å². The van der Waals surface area contributed by atoms with Gasteiger partial charge in [0.2, 0.25) is 0 Å². The number of Topliss-reactive ketones (excluding diaryl/α,β-unsaturated/α-hetero) is 1. The standard InChI is InChI=1S/C28H32F3N3O4/c29-28(30,31)23-8-4-7-22(16-23)26(36)32-17-25(35)15-21-9-12-34(18-21)24-10-13-33(14-11-24)27(37)38-19-20-5-2-1-3-6-20/h1-8,16,21,24H,9-15,17-19H2,(H,32,36)/t21-/m0/s1. The second-order valence-electron chi connectivity index (χ2n) is 9.91. The molecule has 4 rings (SSSR count). The molecule has 204 valence electrons. The summed E-state index contributed by atoms with van der Waals surface area (Å²) in [5, 5.41) is 2.44. The van der Waals surface area contributed by atoms with Crippen LogP contribution in [0.4, 0.5) is 18.0 Å². The summed E-state index contributed by atoms with van der Waals surface area (Å²) in [5.74, 6) is -0.679. The van der Waals surface area contributed by atoms with Gasteiger partial charge in [0, 0.05) is 37.7 Å². The fourth-order valence-electron chi connectivity index (χ4n) is 5.10. The van der Waals surface area contributed by atoms with Crippen molar-refractivity contribution in [2.75, 3.05) is 32.7 Å². The number of hydrogen-bond acceptors (Lipinski definition) is 5. The first-order valence-electron chi connectivity index (χ1n) is 12.9. The molecule has 38 heavy (non-hydrogen) atoms. The molecule has 2 aromatic rings. The molecule has 1 N–H and O–H groups in total. The second kappa shape index (κ2) is 12.4. The molecule has 2 amide bonds. The van der Waals surface area contributed by atoms with E-state index in [0.29, 0.717) is 25.6 Å². The lowest BCUT2D eigenvalue weighted by molar-refractivity contribution is -0.137. The van der Waals surface area contributed by atoms with E-state index >= 15 is 0 Å². The number of benzene rings is 2. The van der Waals surface area contributed by atoms with Crippen LogP contribution in [0.25, 0.3) is 0 Å². The Labute approximate surface area is 219 Å². The largest absolute Gasteiger partial charge is 0.445 e. The van der Waals surface area contributed by atoms with E-state index in [1.165, 1.54) is 12.1 Å². The van der Waals surface area contributed by atoms with Crippen LogP contribution in [0, 0.1) is 5.92 Å². The van der Waals surface area contributed by atoms with Crippen molar-refractivity contribution in [3.05, 3.63) is 71.3 Å². The van der Waals surface area contributed by atoms with E-state index in [9.17, 15) is 27.6 Å². The molecule has 0 bridgehead atoms. The van der Waals surface area contributed by atoms with Gasteiger partial charge in [-0.25, -0.2) is 4.79 Å². The maximum atomic E-state index is 12.9. The van der Waals surface area contributed by atoms with Gasteiger partial charge in [-0.1, -0.05) is 36.4 Å². The zero-order valence-electron chi connectivity index (χ0n) is 21.1. The molecule has 0 unspecified atom stereocenters.